The molecule has 168 valence electrons. The second-order valence-electron chi connectivity index (χ2n) is 6.10. The first-order valence-electron chi connectivity index (χ1n) is 8.18. The molecule has 1 saturated heterocycles. The van der Waals surface area contributed by atoms with Crippen LogP contribution in [0.25, 0.3) is 0 Å². The normalized spacial score (nSPS) is 33.0. The SMILES string of the molecule is NCC(=O)O.OCC(O)C(O)C(O)C(O)C(O)C1O[C@H](CO)[C@@H](O)[C@H](O)[C@H]1O. The fraction of sp³-hybridized carbons (Fsp3) is 0.929. The monoisotopic (exact) mass is 419 g/mol. The summed E-state index contributed by atoms with van der Waals surface area (Å²) in [4.78, 5) is 9.24. The van der Waals surface area contributed by atoms with Gasteiger partial charge >= 0.3 is 5.97 Å². The molecule has 0 aromatic heterocycles. The van der Waals surface area contributed by atoms with Crippen LogP contribution in [0.1, 0.15) is 0 Å². The first kappa shape index (κ1) is 27.0. The van der Waals surface area contributed by atoms with Crippen LogP contribution in [0.15, 0.2) is 0 Å². The quantitative estimate of drug-likeness (QED) is 0.174. The minimum atomic E-state index is -2.13. The van der Waals surface area contributed by atoms with Crippen LogP contribution in [-0.4, -0.2) is 143 Å². The van der Waals surface area contributed by atoms with Gasteiger partial charge < -0.3 is 66.6 Å². The van der Waals surface area contributed by atoms with E-state index in [-0.39, 0.29) is 6.54 Å². The molecule has 1 aliphatic rings. The molecule has 6 unspecified atom stereocenters. The summed E-state index contributed by atoms with van der Waals surface area (Å²) in [5, 5.41) is 103. The van der Waals surface area contributed by atoms with Gasteiger partial charge in [0.05, 0.1) is 19.8 Å². The molecule has 0 spiro atoms. The Kier molecular flexibility index (Phi) is 12.1. The van der Waals surface area contributed by atoms with Gasteiger partial charge in [0.1, 0.15) is 61.0 Å². The summed E-state index contributed by atoms with van der Waals surface area (Å²) in [6.45, 7) is -1.94. The molecule has 13 N–H and O–H groups in total. The van der Waals surface area contributed by atoms with E-state index < -0.39 is 80.2 Å². The van der Waals surface area contributed by atoms with E-state index in [4.69, 9.17) is 20.1 Å². The molecule has 0 aromatic carbocycles. The molecule has 14 heteroatoms. The second-order valence-corrected chi connectivity index (χ2v) is 6.10. The van der Waals surface area contributed by atoms with Crippen molar-refractivity contribution in [2.45, 2.75) is 61.0 Å². The Morgan fingerprint density at radius 3 is 1.79 bits per heavy atom. The highest BCUT2D eigenvalue weighted by Gasteiger charge is 2.49. The molecule has 1 aliphatic heterocycles. The van der Waals surface area contributed by atoms with Crippen LogP contribution in [0.3, 0.4) is 0 Å². The summed E-state index contributed by atoms with van der Waals surface area (Å²) in [5.74, 6) is -0.968. The highest BCUT2D eigenvalue weighted by molar-refractivity contribution is 5.68. The van der Waals surface area contributed by atoms with Crippen molar-refractivity contribution < 1.29 is 65.7 Å². The Labute approximate surface area is 159 Å². The van der Waals surface area contributed by atoms with Crippen molar-refractivity contribution in [3.05, 3.63) is 0 Å². The van der Waals surface area contributed by atoms with Crippen molar-refractivity contribution in [3.8, 4) is 0 Å². The zero-order chi connectivity index (χ0) is 22.2. The average Bonchev–Trinajstić information content (AvgIpc) is 2.69. The van der Waals surface area contributed by atoms with Crippen LogP contribution >= 0.6 is 0 Å². The van der Waals surface area contributed by atoms with Gasteiger partial charge in [-0.1, -0.05) is 0 Å². The summed E-state index contributed by atoms with van der Waals surface area (Å²) in [6.07, 6.45) is -18.4. The summed E-state index contributed by atoms with van der Waals surface area (Å²) >= 11 is 0. The van der Waals surface area contributed by atoms with E-state index >= 15 is 0 Å². The predicted molar refractivity (Wildman–Crippen MR) is 87.6 cm³/mol. The molecule has 0 aromatic rings. The van der Waals surface area contributed by atoms with Crippen LogP contribution in [-0.2, 0) is 9.53 Å². The number of carbonyl (C=O) groups is 1. The lowest BCUT2D eigenvalue weighted by atomic mass is 9.88. The minimum absolute atomic E-state index is 0.278. The molecule has 1 heterocycles. The molecule has 0 radical (unpaired) electrons. The van der Waals surface area contributed by atoms with Crippen LogP contribution in [0.5, 0.6) is 0 Å². The zero-order valence-electron chi connectivity index (χ0n) is 14.7. The maximum absolute atomic E-state index is 9.98. The molecule has 14 nitrogen and oxygen atoms in total. The van der Waals surface area contributed by atoms with Crippen molar-refractivity contribution in [2.24, 2.45) is 5.73 Å². The summed E-state index contributed by atoms with van der Waals surface area (Å²) in [5.41, 5.74) is 4.57. The van der Waals surface area contributed by atoms with Gasteiger partial charge in [0, 0.05) is 0 Å². The first-order valence-corrected chi connectivity index (χ1v) is 8.18. The fourth-order valence-electron chi connectivity index (χ4n) is 2.35. The van der Waals surface area contributed by atoms with Crippen LogP contribution < -0.4 is 5.73 Å². The van der Waals surface area contributed by atoms with Gasteiger partial charge in [-0.2, -0.15) is 0 Å². The van der Waals surface area contributed by atoms with Crippen molar-refractivity contribution in [3.63, 3.8) is 0 Å². The first-order chi connectivity index (χ1) is 12.9. The van der Waals surface area contributed by atoms with Gasteiger partial charge in [0.15, 0.2) is 0 Å². The molecular weight excluding hydrogens is 390 g/mol. The molecular formula is C14H29NO13. The Bertz CT molecular complexity index is 453. The minimum Gasteiger partial charge on any atom is -0.480 e. The number of nitrogens with two attached hydrogens (primary N) is 1. The topological polar surface area (TPSA) is 275 Å². The molecule has 28 heavy (non-hydrogen) atoms. The molecule has 0 aliphatic carbocycles. The molecule has 0 amide bonds. The number of ether oxygens (including phenoxy) is 1. The molecule has 0 saturated carbocycles. The van der Waals surface area contributed by atoms with E-state index in [0.717, 1.165) is 0 Å². The predicted octanol–water partition coefficient (Wildman–Crippen LogP) is -7.34. The third-order valence-corrected chi connectivity index (χ3v) is 4.07. The third-order valence-electron chi connectivity index (χ3n) is 4.07. The summed E-state index contributed by atoms with van der Waals surface area (Å²) in [7, 11) is 0. The second kappa shape index (κ2) is 12.5. The molecule has 10 atom stereocenters. The van der Waals surface area contributed by atoms with Gasteiger partial charge in [0.2, 0.25) is 0 Å². The zero-order valence-corrected chi connectivity index (χ0v) is 14.7. The van der Waals surface area contributed by atoms with Gasteiger partial charge in [0.25, 0.3) is 0 Å². The highest BCUT2D eigenvalue weighted by atomic mass is 16.6. The maximum Gasteiger partial charge on any atom is 0.317 e. The van der Waals surface area contributed by atoms with E-state index in [2.05, 4.69) is 5.73 Å². The number of hydrogen-bond acceptors (Lipinski definition) is 13. The van der Waals surface area contributed by atoms with Crippen LogP contribution in [0.4, 0.5) is 0 Å². The number of hydrogen-bond donors (Lipinski definition) is 12. The number of carboxylic acids is 1. The van der Waals surface area contributed by atoms with Gasteiger partial charge in [-0.15, -0.1) is 0 Å². The van der Waals surface area contributed by atoms with E-state index in [1.165, 1.54) is 0 Å². The summed E-state index contributed by atoms with van der Waals surface area (Å²) < 4.78 is 5.01. The number of carboxylic acid groups (broad SMARTS) is 1. The van der Waals surface area contributed by atoms with Gasteiger partial charge in [-0.25, -0.2) is 0 Å². The van der Waals surface area contributed by atoms with Crippen molar-refractivity contribution in [1.29, 1.82) is 0 Å². The molecule has 1 fully saturated rings. The fourth-order valence-corrected chi connectivity index (χ4v) is 2.35. The van der Waals surface area contributed by atoms with Crippen molar-refractivity contribution in [1.82, 2.24) is 0 Å². The van der Waals surface area contributed by atoms with E-state index in [1.807, 2.05) is 0 Å². The van der Waals surface area contributed by atoms with Crippen molar-refractivity contribution >= 4 is 5.97 Å². The number of rotatable bonds is 8. The number of aliphatic hydroxyl groups excluding tert-OH is 10. The van der Waals surface area contributed by atoms with E-state index in [0.29, 0.717) is 0 Å². The van der Waals surface area contributed by atoms with E-state index in [9.17, 15) is 45.6 Å². The number of aliphatic carboxylic acids is 1. The standard InChI is InChI=1S/C12H24O11.C2H5NO2/c13-1-3(15)5(16)7(18)9(20)11(22)12-10(21)8(19)6(17)4(2-14)23-12;3-1-2(4)5/h3-22H,1-2H2;1,3H2,(H,4,5)/t3?,4-,5?,6-,7?,8+,9?,10-,11?,12?;/m1./s1. The van der Waals surface area contributed by atoms with E-state index in [1.54, 1.807) is 0 Å². The summed E-state index contributed by atoms with van der Waals surface area (Å²) in [6, 6.07) is 0. The van der Waals surface area contributed by atoms with Gasteiger partial charge in [-0.3, -0.25) is 4.79 Å². The Morgan fingerprint density at radius 2 is 1.39 bits per heavy atom. The number of aliphatic hydroxyl groups is 10. The van der Waals surface area contributed by atoms with Gasteiger partial charge in [-0.05, 0) is 0 Å². The maximum atomic E-state index is 9.98. The lowest BCUT2D eigenvalue weighted by Gasteiger charge is -2.43. The average molecular weight is 419 g/mol. The molecule has 1 rings (SSSR count). The lowest BCUT2D eigenvalue weighted by Crippen LogP contribution is -2.64. The molecule has 0 bridgehead atoms. The highest BCUT2D eigenvalue weighted by Crippen LogP contribution is 2.25. The Morgan fingerprint density at radius 1 is 0.893 bits per heavy atom. The van der Waals surface area contributed by atoms with Crippen molar-refractivity contribution in [2.75, 3.05) is 19.8 Å². The Hall–Kier alpha value is -1.01. The van der Waals surface area contributed by atoms with Crippen LogP contribution in [0.2, 0.25) is 0 Å². The van der Waals surface area contributed by atoms with Crippen LogP contribution in [0, 0.1) is 0 Å². The third kappa shape index (κ3) is 7.11. The lowest BCUT2D eigenvalue weighted by molar-refractivity contribution is -0.264. The largest absolute Gasteiger partial charge is 0.480 e. The Balaban J connectivity index is 0.00000129. The smallest absolute Gasteiger partial charge is 0.317 e.